The van der Waals surface area contributed by atoms with Gasteiger partial charge in [-0.15, -0.1) is 23.1 Å². The van der Waals surface area contributed by atoms with Gasteiger partial charge in [0.2, 0.25) is 5.91 Å². The van der Waals surface area contributed by atoms with Crippen LogP contribution in [0.4, 0.5) is 9.39 Å². The summed E-state index contributed by atoms with van der Waals surface area (Å²) < 4.78 is 21.4. The molecule has 0 spiro atoms. The van der Waals surface area contributed by atoms with Crippen LogP contribution in [0.2, 0.25) is 0 Å². The predicted molar refractivity (Wildman–Crippen MR) is 144 cm³/mol. The van der Waals surface area contributed by atoms with Crippen molar-refractivity contribution in [2.24, 2.45) is 4.99 Å². The van der Waals surface area contributed by atoms with Gasteiger partial charge in [-0.3, -0.25) is 9.59 Å². The Hall–Kier alpha value is -2.50. The summed E-state index contributed by atoms with van der Waals surface area (Å²) >= 11 is 3.87. The van der Waals surface area contributed by atoms with Crippen LogP contribution < -0.4 is 10.1 Å². The maximum atomic E-state index is 13.6. The van der Waals surface area contributed by atoms with Crippen molar-refractivity contribution in [3.05, 3.63) is 44.8 Å². The molecule has 2 heterocycles. The lowest BCUT2D eigenvalue weighted by atomic mass is 10.1. The van der Waals surface area contributed by atoms with E-state index in [4.69, 9.17) is 4.74 Å². The zero-order valence-electron chi connectivity index (χ0n) is 20.2. The first kappa shape index (κ1) is 26.6. The Kier molecular flexibility index (Phi) is 8.97. The van der Waals surface area contributed by atoms with Crippen molar-refractivity contribution in [2.75, 3.05) is 23.4 Å². The number of esters is 1. The molecule has 0 atom stereocenters. The summed E-state index contributed by atoms with van der Waals surface area (Å²) in [6, 6.07) is 4.51. The van der Waals surface area contributed by atoms with E-state index in [1.807, 2.05) is 11.5 Å². The molecule has 36 heavy (non-hydrogen) atoms. The third kappa shape index (κ3) is 6.07. The van der Waals surface area contributed by atoms with Crippen LogP contribution in [-0.2, 0) is 33.7 Å². The number of nitrogens with zero attached hydrogens (tertiary/aromatic N) is 2. The molecule has 0 fully saturated rings. The summed E-state index contributed by atoms with van der Waals surface area (Å²) in [5.41, 5.74) is 2.31. The lowest BCUT2D eigenvalue weighted by Gasteiger charge is -2.08. The molecule has 11 heteroatoms. The van der Waals surface area contributed by atoms with Crippen LogP contribution in [0.15, 0.2) is 23.2 Å². The van der Waals surface area contributed by atoms with Crippen molar-refractivity contribution in [3.8, 4) is 0 Å². The van der Waals surface area contributed by atoms with E-state index >= 15 is 0 Å². The second kappa shape index (κ2) is 12.2. The summed E-state index contributed by atoms with van der Waals surface area (Å²) in [6.45, 7) is 4.57. The smallest absolute Gasteiger partial charge is 0.341 e. The van der Waals surface area contributed by atoms with Gasteiger partial charge in [0.05, 0.1) is 33.9 Å². The zero-order chi connectivity index (χ0) is 25.7. The topological polar surface area (TPSA) is 89.8 Å². The molecule has 0 saturated heterocycles. The van der Waals surface area contributed by atoms with Crippen molar-refractivity contribution >= 4 is 67.4 Å². The average molecular weight is 550 g/mol. The molecule has 1 aliphatic rings. The van der Waals surface area contributed by atoms with E-state index < -0.39 is 5.97 Å². The first-order chi connectivity index (χ1) is 17.4. The van der Waals surface area contributed by atoms with Gasteiger partial charge in [0, 0.05) is 11.4 Å². The maximum absolute atomic E-state index is 13.6. The molecule has 0 unspecified atom stereocenters. The SMILES string of the molecule is CCOC(=O)c1c(NC(=O)CSCC(=O)N=c2sc3cc(F)ccc3n2CC)sc2c1CCCCC2. The van der Waals surface area contributed by atoms with Gasteiger partial charge in [-0.2, -0.15) is 4.99 Å². The van der Waals surface area contributed by atoms with Crippen molar-refractivity contribution in [3.63, 3.8) is 0 Å². The van der Waals surface area contributed by atoms with Crippen LogP contribution in [-0.4, -0.2) is 40.5 Å². The van der Waals surface area contributed by atoms with Gasteiger partial charge in [0.1, 0.15) is 10.8 Å². The Morgan fingerprint density at radius 1 is 1.14 bits per heavy atom. The molecule has 0 saturated carbocycles. The third-order valence-corrected chi connectivity index (χ3v) is 8.96. The number of amides is 2. The van der Waals surface area contributed by atoms with Crippen LogP contribution >= 0.6 is 34.4 Å². The number of hydrogen-bond donors (Lipinski definition) is 1. The zero-order valence-corrected chi connectivity index (χ0v) is 22.7. The highest BCUT2D eigenvalue weighted by Gasteiger charge is 2.26. The Bertz CT molecular complexity index is 1360. The molecule has 0 radical (unpaired) electrons. The fourth-order valence-corrected chi connectivity index (χ4v) is 7.25. The van der Waals surface area contributed by atoms with Crippen LogP contribution in [0.3, 0.4) is 0 Å². The molecular formula is C25H28FN3O4S3. The average Bonchev–Trinajstić information content (AvgIpc) is 3.25. The number of thioether (sulfide) groups is 1. The number of fused-ring (bicyclic) bond motifs is 2. The molecule has 1 N–H and O–H groups in total. The molecule has 7 nitrogen and oxygen atoms in total. The summed E-state index contributed by atoms with van der Waals surface area (Å²) in [5, 5.41) is 3.40. The van der Waals surface area contributed by atoms with E-state index in [1.165, 1.54) is 34.8 Å². The Morgan fingerprint density at radius 2 is 1.94 bits per heavy atom. The van der Waals surface area contributed by atoms with E-state index in [0.717, 1.165) is 64.5 Å². The van der Waals surface area contributed by atoms with Gasteiger partial charge in [-0.05, 0) is 63.3 Å². The second-order valence-electron chi connectivity index (χ2n) is 8.28. The summed E-state index contributed by atoms with van der Waals surface area (Å²) in [4.78, 5) is 43.6. The van der Waals surface area contributed by atoms with Gasteiger partial charge in [0.15, 0.2) is 4.80 Å². The van der Waals surface area contributed by atoms with E-state index in [0.29, 0.717) is 21.9 Å². The molecule has 1 aliphatic carbocycles. The quantitative estimate of drug-likeness (QED) is 0.309. The van der Waals surface area contributed by atoms with E-state index in [-0.39, 0.29) is 35.7 Å². The van der Waals surface area contributed by atoms with E-state index in [1.54, 1.807) is 13.0 Å². The second-order valence-corrected chi connectivity index (χ2v) is 11.4. The molecule has 2 aromatic heterocycles. The number of ether oxygens (including phenoxy) is 1. The Balaban J connectivity index is 1.40. The van der Waals surface area contributed by atoms with Crippen molar-refractivity contribution in [1.82, 2.24) is 4.57 Å². The van der Waals surface area contributed by atoms with Crippen LogP contribution in [0, 0.1) is 5.82 Å². The summed E-state index contributed by atoms with van der Waals surface area (Å²) in [5.74, 6) is -1.29. The molecular weight excluding hydrogens is 521 g/mol. The van der Waals surface area contributed by atoms with Crippen molar-refractivity contribution in [1.29, 1.82) is 0 Å². The molecule has 0 bridgehead atoms. The standard InChI is InChI=1S/C25H28FN3O4S3/c1-3-29-17-11-10-15(26)12-19(17)36-25(29)28-21(31)14-34-13-20(30)27-23-22(24(32)33-4-2)16-8-6-5-7-9-18(16)35-23/h10-12H,3-9,13-14H2,1-2H3,(H,27,30). The van der Waals surface area contributed by atoms with Gasteiger partial charge >= 0.3 is 5.97 Å². The highest BCUT2D eigenvalue weighted by molar-refractivity contribution is 8.00. The first-order valence-corrected chi connectivity index (χ1v) is 14.8. The number of anilines is 1. The lowest BCUT2D eigenvalue weighted by molar-refractivity contribution is -0.115. The van der Waals surface area contributed by atoms with Crippen molar-refractivity contribution in [2.45, 2.75) is 52.5 Å². The highest BCUT2D eigenvalue weighted by atomic mass is 32.2. The van der Waals surface area contributed by atoms with Crippen LogP contribution in [0.25, 0.3) is 10.2 Å². The minimum atomic E-state index is -0.402. The molecule has 4 rings (SSSR count). The number of halogens is 1. The number of rotatable bonds is 8. The normalized spacial score (nSPS) is 13.9. The number of nitrogens with one attached hydrogen (secondary N) is 1. The Labute approximate surface area is 220 Å². The largest absolute Gasteiger partial charge is 0.462 e. The van der Waals surface area contributed by atoms with Gasteiger partial charge in [-0.1, -0.05) is 17.8 Å². The monoisotopic (exact) mass is 549 g/mol. The number of hydrogen-bond acceptors (Lipinski definition) is 7. The van der Waals surface area contributed by atoms with Crippen molar-refractivity contribution < 1.29 is 23.5 Å². The number of aryl methyl sites for hydroxylation is 2. The van der Waals surface area contributed by atoms with E-state index in [2.05, 4.69) is 10.3 Å². The summed E-state index contributed by atoms with van der Waals surface area (Å²) in [6.07, 6.45) is 4.91. The minimum Gasteiger partial charge on any atom is -0.462 e. The molecule has 2 amide bonds. The Morgan fingerprint density at radius 3 is 2.72 bits per heavy atom. The molecule has 192 valence electrons. The van der Waals surface area contributed by atoms with Gasteiger partial charge in [-0.25, -0.2) is 9.18 Å². The molecule has 1 aromatic carbocycles. The molecule has 0 aliphatic heterocycles. The number of benzene rings is 1. The third-order valence-electron chi connectivity index (χ3n) is 5.79. The van der Waals surface area contributed by atoms with Crippen LogP contribution in [0.1, 0.15) is 53.9 Å². The minimum absolute atomic E-state index is 0.0331. The number of carbonyl (C=O) groups excluding carboxylic acids is 3. The summed E-state index contributed by atoms with van der Waals surface area (Å²) in [7, 11) is 0. The van der Waals surface area contributed by atoms with E-state index in [9.17, 15) is 18.8 Å². The molecule has 3 aromatic rings. The maximum Gasteiger partial charge on any atom is 0.341 e. The number of carbonyl (C=O) groups is 3. The number of aromatic nitrogens is 1. The first-order valence-electron chi connectivity index (χ1n) is 12.0. The fraction of sp³-hybridized carbons (Fsp3) is 0.440. The number of thiazole rings is 1. The number of thiophene rings is 1. The van der Waals surface area contributed by atoms with Gasteiger partial charge in [0.25, 0.3) is 5.91 Å². The van der Waals surface area contributed by atoms with Gasteiger partial charge < -0.3 is 14.6 Å². The lowest BCUT2D eigenvalue weighted by Crippen LogP contribution is -2.19. The highest BCUT2D eigenvalue weighted by Crippen LogP contribution is 2.38. The fourth-order valence-electron chi connectivity index (χ4n) is 4.22. The van der Waals surface area contributed by atoms with Crippen LogP contribution in [0.5, 0.6) is 0 Å². The predicted octanol–water partition coefficient (Wildman–Crippen LogP) is 5.17.